The van der Waals surface area contributed by atoms with Crippen molar-refractivity contribution in [2.75, 3.05) is 7.11 Å². The summed E-state index contributed by atoms with van der Waals surface area (Å²) in [5.74, 6) is 0. The van der Waals surface area contributed by atoms with E-state index in [0.717, 1.165) is 0 Å². The minimum Gasteiger partial charge on any atom is -0.261 e. The predicted molar refractivity (Wildman–Crippen MR) is 29.0 cm³/mol. The van der Waals surface area contributed by atoms with Gasteiger partial charge in [0.25, 0.3) is 0 Å². The maximum Gasteiger partial charge on any atom is 0.388 e. The Balaban J connectivity index is 5.07. The minimum atomic E-state index is -4.60. The highest BCUT2D eigenvalue weighted by atomic mass is 33.2. The van der Waals surface area contributed by atoms with Crippen molar-refractivity contribution in [2.24, 2.45) is 5.14 Å². The summed E-state index contributed by atoms with van der Waals surface area (Å²) in [6.07, 6.45) is 0. The molecule has 0 aliphatic heterocycles. The molecule has 6 nitrogen and oxygen atoms in total. The third-order valence-corrected chi connectivity index (χ3v) is 3.58. The molecule has 8 heteroatoms. The average Bonchev–Trinajstić information content (AvgIpc) is 1.64. The second kappa shape index (κ2) is 2.21. The topological polar surface area (TPSA) is 104 Å². The van der Waals surface area contributed by atoms with Crippen LogP contribution in [0, 0.1) is 0 Å². The van der Waals surface area contributed by atoms with Crippen LogP contribution in [0.1, 0.15) is 0 Å². The smallest absolute Gasteiger partial charge is 0.261 e. The molecule has 0 saturated heterocycles. The largest absolute Gasteiger partial charge is 0.388 e. The van der Waals surface area contributed by atoms with Crippen LogP contribution in [0.3, 0.4) is 0 Å². The van der Waals surface area contributed by atoms with Crippen LogP contribution >= 0.6 is 0 Å². The Morgan fingerprint density at radius 2 is 1.56 bits per heavy atom. The molecule has 0 unspecified atom stereocenters. The Labute approximate surface area is 52.2 Å². The molecular weight excluding hydrogens is 170 g/mol. The minimum absolute atomic E-state index is 0.708. The summed E-state index contributed by atoms with van der Waals surface area (Å²) in [5, 5.41) is 4.18. The quantitative estimate of drug-likeness (QED) is 0.497. The molecule has 0 heterocycles. The molecule has 0 spiro atoms. The van der Waals surface area contributed by atoms with Gasteiger partial charge in [-0.25, -0.2) is 5.14 Å². The van der Waals surface area contributed by atoms with Crippen LogP contribution in [0.2, 0.25) is 0 Å². The van der Waals surface area contributed by atoms with E-state index in [9.17, 15) is 16.8 Å². The van der Waals surface area contributed by atoms with Gasteiger partial charge in [0, 0.05) is 0 Å². The van der Waals surface area contributed by atoms with E-state index in [4.69, 9.17) is 0 Å². The Hall–Kier alpha value is -0.180. The Morgan fingerprint density at radius 1 is 1.22 bits per heavy atom. The summed E-state index contributed by atoms with van der Waals surface area (Å²) in [6, 6.07) is 0. The summed E-state index contributed by atoms with van der Waals surface area (Å²) < 4.78 is 43.6. The molecule has 0 aromatic carbocycles. The molecule has 0 bridgehead atoms. The standard InChI is InChI=1S/CH5NO5S2/c1-7-9(5,6)8(2,3)4/h1H3,(H2,2,3,4). The van der Waals surface area contributed by atoms with Crippen molar-refractivity contribution in [1.82, 2.24) is 0 Å². The number of hydrogen-bond donors (Lipinski definition) is 1. The zero-order valence-corrected chi connectivity index (χ0v) is 6.07. The lowest BCUT2D eigenvalue weighted by atomic mass is 11.8. The predicted octanol–water partition coefficient (Wildman–Crippen LogP) is -1.83. The Bertz CT molecular complexity index is 270. The van der Waals surface area contributed by atoms with Gasteiger partial charge < -0.3 is 0 Å². The average molecular weight is 175 g/mol. The summed E-state index contributed by atoms with van der Waals surface area (Å²) in [5.41, 5.74) is 0. The zero-order valence-electron chi connectivity index (χ0n) is 4.44. The molecule has 9 heavy (non-hydrogen) atoms. The fourth-order valence-electron chi connectivity index (χ4n) is 0.0948. The molecule has 2 N–H and O–H groups in total. The van der Waals surface area contributed by atoms with Gasteiger partial charge in [-0.2, -0.15) is 16.8 Å². The van der Waals surface area contributed by atoms with E-state index in [1.165, 1.54) is 0 Å². The molecule has 0 amide bonds. The highest BCUT2D eigenvalue weighted by Gasteiger charge is 2.23. The fourth-order valence-corrected chi connectivity index (χ4v) is 0.854. The van der Waals surface area contributed by atoms with Crippen LogP contribution in [0.5, 0.6) is 0 Å². The van der Waals surface area contributed by atoms with Crippen LogP contribution in [0.15, 0.2) is 0 Å². The van der Waals surface area contributed by atoms with E-state index in [0.29, 0.717) is 7.11 Å². The molecule has 0 rings (SSSR count). The molecule has 56 valence electrons. The van der Waals surface area contributed by atoms with Crippen LogP contribution in [0.4, 0.5) is 0 Å². The molecule has 0 saturated carbocycles. The summed E-state index contributed by atoms with van der Waals surface area (Å²) in [4.78, 5) is 0. The van der Waals surface area contributed by atoms with Crippen molar-refractivity contribution in [3.05, 3.63) is 0 Å². The Morgan fingerprint density at radius 3 is 1.56 bits per heavy atom. The molecular formula is CH5NO5S2. The van der Waals surface area contributed by atoms with Gasteiger partial charge in [0.15, 0.2) is 0 Å². The van der Waals surface area contributed by atoms with Gasteiger partial charge in [0.2, 0.25) is 0 Å². The van der Waals surface area contributed by atoms with Crippen molar-refractivity contribution >= 4 is 18.2 Å². The van der Waals surface area contributed by atoms with Gasteiger partial charge >= 0.3 is 18.2 Å². The maximum atomic E-state index is 10.1. The first-order valence-corrected chi connectivity index (χ1v) is 5.12. The van der Waals surface area contributed by atoms with Crippen molar-refractivity contribution in [3.63, 3.8) is 0 Å². The summed E-state index contributed by atoms with van der Waals surface area (Å²) in [7, 11) is -8.48. The highest BCUT2D eigenvalue weighted by Crippen LogP contribution is 1.95. The van der Waals surface area contributed by atoms with Crippen LogP contribution in [-0.4, -0.2) is 23.9 Å². The van der Waals surface area contributed by atoms with Crippen molar-refractivity contribution < 1.29 is 21.0 Å². The molecule has 0 aromatic rings. The lowest BCUT2D eigenvalue weighted by molar-refractivity contribution is 0.408. The van der Waals surface area contributed by atoms with E-state index in [1.54, 1.807) is 0 Å². The van der Waals surface area contributed by atoms with Gasteiger partial charge in [-0.1, -0.05) is 0 Å². The number of nitrogens with two attached hydrogens (primary N) is 1. The molecule has 0 aliphatic rings. The van der Waals surface area contributed by atoms with Gasteiger partial charge in [0.1, 0.15) is 0 Å². The lowest BCUT2D eigenvalue weighted by Gasteiger charge is -1.93. The van der Waals surface area contributed by atoms with Crippen molar-refractivity contribution in [1.29, 1.82) is 0 Å². The van der Waals surface area contributed by atoms with Gasteiger partial charge in [-0.15, -0.1) is 0 Å². The molecule has 0 radical (unpaired) electrons. The SMILES string of the molecule is COS(=O)(=O)S(N)(=O)=O. The van der Waals surface area contributed by atoms with Gasteiger partial charge in [-0.3, -0.25) is 4.18 Å². The first-order valence-electron chi connectivity index (χ1n) is 1.64. The third-order valence-electron chi connectivity index (χ3n) is 0.489. The second-order valence-corrected chi connectivity index (χ2v) is 5.82. The van der Waals surface area contributed by atoms with Crippen LogP contribution in [-0.2, 0) is 22.4 Å². The van der Waals surface area contributed by atoms with Gasteiger partial charge in [0.05, 0.1) is 7.11 Å². The normalized spacial score (nSPS) is 13.6. The summed E-state index contributed by atoms with van der Waals surface area (Å²) in [6.45, 7) is 0. The monoisotopic (exact) mass is 175 g/mol. The highest BCUT2D eigenvalue weighted by molar-refractivity contribution is 8.64. The van der Waals surface area contributed by atoms with Gasteiger partial charge in [-0.05, 0) is 0 Å². The third kappa shape index (κ3) is 1.90. The number of hydrogen-bond acceptors (Lipinski definition) is 5. The molecule has 0 aliphatic carbocycles. The van der Waals surface area contributed by atoms with E-state index in [-0.39, 0.29) is 0 Å². The first kappa shape index (κ1) is 8.82. The molecule has 0 aromatic heterocycles. The molecule has 0 atom stereocenters. The Kier molecular flexibility index (Phi) is 2.17. The number of rotatable bonds is 2. The fraction of sp³-hybridized carbons (Fsp3) is 1.00. The van der Waals surface area contributed by atoms with Crippen LogP contribution in [0.25, 0.3) is 0 Å². The van der Waals surface area contributed by atoms with E-state index >= 15 is 0 Å². The lowest BCUT2D eigenvalue weighted by Crippen LogP contribution is -2.24. The van der Waals surface area contributed by atoms with Crippen LogP contribution < -0.4 is 5.14 Å². The maximum absolute atomic E-state index is 10.1. The van der Waals surface area contributed by atoms with E-state index in [1.807, 2.05) is 0 Å². The van der Waals surface area contributed by atoms with Crippen molar-refractivity contribution in [3.8, 4) is 0 Å². The second-order valence-electron chi connectivity index (χ2n) is 1.07. The first-order chi connectivity index (χ1) is 3.81. The van der Waals surface area contributed by atoms with E-state index in [2.05, 4.69) is 9.32 Å². The van der Waals surface area contributed by atoms with E-state index < -0.39 is 18.2 Å². The summed E-state index contributed by atoms with van der Waals surface area (Å²) >= 11 is 0. The van der Waals surface area contributed by atoms with Crippen molar-refractivity contribution in [2.45, 2.75) is 0 Å². The zero-order chi connectivity index (χ0) is 7.71. The molecule has 0 fully saturated rings.